The molecule has 0 radical (unpaired) electrons. The molecule has 0 spiro atoms. The smallest absolute Gasteiger partial charge is 0.247 e. The van der Waals surface area contributed by atoms with Crippen LogP contribution in [0.25, 0.3) is 0 Å². The fraction of sp³-hybridized carbons (Fsp3) is 0.143. The lowest BCUT2D eigenvalue weighted by Crippen LogP contribution is -2.43. The molecule has 1 aliphatic heterocycles. The summed E-state index contributed by atoms with van der Waals surface area (Å²) >= 11 is 6.01. The van der Waals surface area contributed by atoms with Gasteiger partial charge in [-0.05, 0) is 41.8 Å². The predicted octanol–water partition coefficient (Wildman–Crippen LogP) is 4.70. The van der Waals surface area contributed by atoms with Crippen LogP contribution in [-0.4, -0.2) is 19.3 Å². The fourth-order valence-corrected chi connectivity index (χ4v) is 5.14. The number of halogens is 1. The second kappa shape index (κ2) is 7.35. The number of benzene rings is 3. The lowest BCUT2D eigenvalue weighted by atomic mass is 10.1. The molecule has 0 aliphatic carbocycles. The number of para-hydroxylation sites is 1. The fourth-order valence-electron chi connectivity index (χ4n) is 3.32. The van der Waals surface area contributed by atoms with Gasteiger partial charge in [-0.3, -0.25) is 0 Å². The minimum Gasteiger partial charge on any atom is -0.364 e. The Labute approximate surface area is 164 Å². The van der Waals surface area contributed by atoms with Crippen LogP contribution in [0, 0.1) is 0 Å². The van der Waals surface area contributed by atoms with Crippen LogP contribution in [0.4, 0.5) is 5.69 Å². The minimum absolute atomic E-state index is 0.309. The molecule has 0 amide bonds. The van der Waals surface area contributed by atoms with Crippen molar-refractivity contribution in [3.05, 3.63) is 95.0 Å². The molecule has 27 heavy (non-hydrogen) atoms. The quantitative estimate of drug-likeness (QED) is 0.693. The lowest BCUT2D eigenvalue weighted by molar-refractivity contribution is 0.345. The highest BCUT2D eigenvalue weighted by atomic mass is 35.5. The van der Waals surface area contributed by atoms with Gasteiger partial charge in [0.25, 0.3) is 0 Å². The van der Waals surface area contributed by atoms with Crippen molar-refractivity contribution in [2.45, 2.75) is 17.5 Å². The Balaban J connectivity index is 1.74. The van der Waals surface area contributed by atoms with E-state index in [0.717, 1.165) is 11.1 Å². The summed E-state index contributed by atoms with van der Waals surface area (Å²) in [6.07, 6.45) is 0.152. The zero-order chi connectivity index (χ0) is 18.9. The number of nitrogens with zero attached hydrogens (tertiary/aromatic N) is 1. The number of hydrogen-bond acceptors (Lipinski definition) is 3. The molecule has 0 saturated carbocycles. The maximum absolute atomic E-state index is 13.3. The third kappa shape index (κ3) is 3.58. The Bertz CT molecular complexity index is 1040. The molecule has 0 saturated heterocycles. The number of rotatable bonds is 4. The van der Waals surface area contributed by atoms with Gasteiger partial charge in [-0.1, -0.05) is 66.2 Å². The van der Waals surface area contributed by atoms with Crippen LogP contribution in [0.5, 0.6) is 0 Å². The SMILES string of the molecule is O=S1(=O)c2ccccc2NC(c2ccc(Cl)cc2)N1CCc1ccccc1. The molecule has 0 bridgehead atoms. The van der Waals surface area contributed by atoms with Gasteiger partial charge in [-0.25, -0.2) is 8.42 Å². The number of nitrogens with one attached hydrogen (secondary N) is 1. The molecule has 3 aromatic carbocycles. The molecule has 1 N–H and O–H groups in total. The normalized spacial score (nSPS) is 18.5. The van der Waals surface area contributed by atoms with E-state index in [4.69, 9.17) is 11.6 Å². The van der Waals surface area contributed by atoms with E-state index in [0.29, 0.717) is 28.6 Å². The van der Waals surface area contributed by atoms with Crippen LogP contribution in [0.3, 0.4) is 0 Å². The van der Waals surface area contributed by atoms with Crippen molar-refractivity contribution in [2.24, 2.45) is 0 Å². The summed E-state index contributed by atoms with van der Waals surface area (Å²) in [5.41, 5.74) is 2.57. The Kier molecular flexibility index (Phi) is 4.91. The van der Waals surface area contributed by atoms with Gasteiger partial charge in [0.05, 0.1) is 5.69 Å². The first-order valence-corrected chi connectivity index (χ1v) is 10.5. The summed E-state index contributed by atoms with van der Waals surface area (Å²) in [7, 11) is -3.62. The molecule has 138 valence electrons. The van der Waals surface area contributed by atoms with Gasteiger partial charge in [0.1, 0.15) is 11.1 Å². The maximum atomic E-state index is 13.3. The van der Waals surface area contributed by atoms with E-state index in [-0.39, 0.29) is 0 Å². The Hall–Kier alpha value is -2.34. The zero-order valence-corrected chi connectivity index (χ0v) is 16.1. The highest BCUT2D eigenvalue weighted by Crippen LogP contribution is 2.38. The summed E-state index contributed by atoms with van der Waals surface area (Å²) in [6, 6.07) is 24.2. The summed E-state index contributed by atoms with van der Waals surface area (Å²) in [5.74, 6) is 0. The standard InChI is InChI=1S/C21H19ClN2O2S/c22-18-12-10-17(11-13-18)21-23-19-8-4-5-9-20(19)27(25,26)24(21)15-14-16-6-2-1-3-7-16/h1-13,21,23H,14-15H2. The van der Waals surface area contributed by atoms with E-state index in [1.807, 2.05) is 48.5 Å². The van der Waals surface area contributed by atoms with Crippen LogP contribution in [0.15, 0.2) is 83.8 Å². The summed E-state index contributed by atoms with van der Waals surface area (Å²) in [6.45, 7) is 0.376. The van der Waals surface area contributed by atoms with Crippen LogP contribution >= 0.6 is 11.6 Å². The van der Waals surface area contributed by atoms with Gasteiger partial charge in [0.15, 0.2) is 0 Å². The number of anilines is 1. The molecular formula is C21H19ClN2O2S. The van der Waals surface area contributed by atoms with Gasteiger partial charge < -0.3 is 5.32 Å². The van der Waals surface area contributed by atoms with Crippen molar-refractivity contribution in [1.82, 2.24) is 4.31 Å². The van der Waals surface area contributed by atoms with E-state index in [1.54, 1.807) is 30.3 Å². The molecule has 1 aliphatic rings. The summed E-state index contributed by atoms with van der Waals surface area (Å²) in [5, 5.41) is 4.00. The molecular weight excluding hydrogens is 380 g/mol. The molecule has 6 heteroatoms. The molecule has 1 heterocycles. The van der Waals surface area contributed by atoms with Crippen molar-refractivity contribution in [3.63, 3.8) is 0 Å². The van der Waals surface area contributed by atoms with Crippen molar-refractivity contribution >= 4 is 27.3 Å². The summed E-state index contributed by atoms with van der Waals surface area (Å²) < 4.78 is 28.2. The Morgan fingerprint density at radius 1 is 0.889 bits per heavy atom. The molecule has 3 aromatic rings. The molecule has 1 unspecified atom stereocenters. The van der Waals surface area contributed by atoms with Gasteiger partial charge in [0, 0.05) is 11.6 Å². The van der Waals surface area contributed by atoms with Crippen LogP contribution in [0.2, 0.25) is 5.02 Å². The van der Waals surface area contributed by atoms with E-state index in [1.165, 1.54) is 4.31 Å². The highest BCUT2D eigenvalue weighted by Gasteiger charge is 2.38. The van der Waals surface area contributed by atoms with Gasteiger partial charge in [0.2, 0.25) is 10.0 Å². The second-order valence-corrected chi connectivity index (χ2v) is 8.74. The molecule has 1 atom stereocenters. The van der Waals surface area contributed by atoms with E-state index >= 15 is 0 Å². The molecule has 4 nitrogen and oxygen atoms in total. The van der Waals surface area contributed by atoms with E-state index in [9.17, 15) is 8.42 Å². The molecule has 0 fully saturated rings. The Morgan fingerprint density at radius 2 is 1.56 bits per heavy atom. The monoisotopic (exact) mass is 398 g/mol. The van der Waals surface area contributed by atoms with E-state index < -0.39 is 16.2 Å². The van der Waals surface area contributed by atoms with Crippen LogP contribution < -0.4 is 5.32 Å². The third-order valence-corrected chi connectivity index (χ3v) is 6.88. The minimum atomic E-state index is -3.62. The lowest BCUT2D eigenvalue weighted by Gasteiger charge is -2.37. The first kappa shape index (κ1) is 18.0. The highest BCUT2D eigenvalue weighted by molar-refractivity contribution is 7.89. The first-order valence-electron chi connectivity index (χ1n) is 8.72. The number of fused-ring (bicyclic) bond motifs is 1. The van der Waals surface area contributed by atoms with Crippen molar-refractivity contribution in [2.75, 3.05) is 11.9 Å². The van der Waals surface area contributed by atoms with Crippen LogP contribution in [-0.2, 0) is 16.4 Å². The second-order valence-electron chi connectivity index (χ2n) is 6.45. The summed E-state index contributed by atoms with van der Waals surface area (Å²) in [4.78, 5) is 0.309. The average Bonchev–Trinajstić information content (AvgIpc) is 2.68. The number of hydrogen-bond donors (Lipinski definition) is 1. The van der Waals surface area contributed by atoms with Crippen molar-refractivity contribution < 1.29 is 8.42 Å². The van der Waals surface area contributed by atoms with Crippen molar-refractivity contribution in [3.8, 4) is 0 Å². The topological polar surface area (TPSA) is 49.4 Å². The van der Waals surface area contributed by atoms with E-state index in [2.05, 4.69) is 5.32 Å². The maximum Gasteiger partial charge on any atom is 0.247 e. The largest absolute Gasteiger partial charge is 0.364 e. The van der Waals surface area contributed by atoms with Gasteiger partial charge >= 0.3 is 0 Å². The first-order chi connectivity index (χ1) is 13.1. The number of sulfonamides is 1. The third-order valence-electron chi connectivity index (χ3n) is 4.70. The van der Waals surface area contributed by atoms with Crippen molar-refractivity contribution in [1.29, 1.82) is 0 Å². The van der Waals surface area contributed by atoms with Gasteiger partial charge in [-0.2, -0.15) is 4.31 Å². The molecule has 0 aromatic heterocycles. The van der Waals surface area contributed by atoms with Gasteiger partial charge in [-0.15, -0.1) is 0 Å². The average molecular weight is 399 g/mol. The van der Waals surface area contributed by atoms with Crippen LogP contribution in [0.1, 0.15) is 17.3 Å². The zero-order valence-electron chi connectivity index (χ0n) is 14.5. The predicted molar refractivity (Wildman–Crippen MR) is 108 cm³/mol. The Morgan fingerprint density at radius 3 is 2.30 bits per heavy atom. The molecule has 4 rings (SSSR count).